The summed E-state index contributed by atoms with van der Waals surface area (Å²) in [5.74, 6) is 5.86. The molecule has 4 atom stereocenters. The molecule has 0 amide bonds. The van der Waals surface area contributed by atoms with Gasteiger partial charge in [0.25, 0.3) is 0 Å². The highest BCUT2D eigenvalue weighted by Crippen LogP contribution is 2.30. The van der Waals surface area contributed by atoms with Gasteiger partial charge in [-0.2, -0.15) is 23.5 Å². The number of nitrogens with one attached hydrogen (secondary N) is 1. The minimum Gasteiger partial charge on any atom is -0.313 e. The first-order chi connectivity index (χ1) is 7.77. The second-order valence-corrected chi connectivity index (χ2v) is 7.91. The Hall–Kier alpha value is 0.660. The Kier molecular flexibility index (Phi) is 5.37. The molecule has 1 aliphatic carbocycles. The highest BCUT2D eigenvalue weighted by atomic mass is 32.2. The van der Waals surface area contributed by atoms with Gasteiger partial charge < -0.3 is 5.32 Å². The fourth-order valence-corrected chi connectivity index (χ4v) is 5.43. The van der Waals surface area contributed by atoms with Crippen molar-refractivity contribution in [3.05, 3.63) is 0 Å². The van der Waals surface area contributed by atoms with Crippen molar-refractivity contribution in [3.63, 3.8) is 0 Å². The molecule has 0 aromatic rings. The monoisotopic (exact) mass is 259 g/mol. The second-order valence-electron chi connectivity index (χ2n) is 5.35. The zero-order valence-electron chi connectivity index (χ0n) is 10.6. The van der Waals surface area contributed by atoms with Crippen LogP contribution in [0, 0.1) is 11.8 Å². The predicted octanol–water partition coefficient (Wildman–Crippen LogP) is 3.25. The summed E-state index contributed by atoms with van der Waals surface area (Å²) in [5.41, 5.74) is 0. The predicted molar refractivity (Wildman–Crippen MR) is 77.5 cm³/mol. The van der Waals surface area contributed by atoms with Crippen molar-refractivity contribution in [2.75, 3.05) is 23.8 Å². The summed E-state index contributed by atoms with van der Waals surface area (Å²) in [6.07, 6.45) is 4.26. The minimum absolute atomic E-state index is 0.788. The van der Waals surface area contributed by atoms with E-state index in [9.17, 15) is 0 Å². The van der Waals surface area contributed by atoms with Crippen molar-refractivity contribution in [1.82, 2.24) is 5.32 Å². The maximum atomic E-state index is 3.84. The van der Waals surface area contributed by atoms with Gasteiger partial charge in [0.1, 0.15) is 0 Å². The van der Waals surface area contributed by atoms with E-state index in [0.29, 0.717) is 0 Å². The Morgan fingerprint density at radius 2 is 2.06 bits per heavy atom. The largest absolute Gasteiger partial charge is 0.313 e. The highest BCUT2D eigenvalue weighted by molar-refractivity contribution is 8.06. The highest BCUT2D eigenvalue weighted by Gasteiger charge is 2.27. The molecule has 1 heterocycles. The van der Waals surface area contributed by atoms with Gasteiger partial charge in [-0.05, 0) is 18.3 Å². The third-order valence-electron chi connectivity index (χ3n) is 4.20. The summed E-state index contributed by atoms with van der Waals surface area (Å²) < 4.78 is 0. The Morgan fingerprint density at radius 1 is 1.19 bits per heavy atom. The van der Waals surface area contributed by atoms with Gasteiger partial charge in [0.15, 0.2) is 0 Å². The van der Waals surface area contributed by atoms with Crippen LogP contribution in [0.2, 0.25) is 0 Å². The molecule has 0 aromatic heterocycles. The lowest BCUT2D eigenvalue weighted by Gasteiger charge is -2.36. The molecule has 3 heteroatoms. The second kappa shape index (κ2) is 6.55. The third-order valence-corrected chi connectivity index (χ3v) is 7.04. The van der Waals surface area contributed by atoms with Gasteiger partial charge >= 0.3 is 0 Å². The lowest BCUT2D eigenvalue weighted by molar-refractivity contribution is 0.208. The summed E-state index contributed by atoms with van der Waals surface area (Å²) in [6.45, 7) is 6.09. The minimum atomic E-state index is 0.788. The molecular formula is C13H25NS2. The lowest BCUT2D eigenvalue weighted by atomic mass is 9.78. The van der Waals surface area contributed by atoms with Crippen molar-refractivity contribution in [3.8, 4) is 0 Å². The van der Waals surface area contributed by atoms with Gasteiger partial charge in [-0.15, -0.1) is 0 Å². The van der Waals surface area contributed by atoms with Crippen LogP contribution in [-0.2, 0) is 0 Å². The van der Waals surface area contributed by atoms with E-state index in [1.807, 2.05) is 0 Å². The first-order valence-corrected chi connectivity index (χ1v) is 8.90. The zero-order valence-corrected chi connectivity index (χ0v) is 12.2. The molecule has 1 aliphatic heterocycles. The maximum Gasteiger partial charge on any atom is 0.0263 e. The molecule has 16 heavy (non-hydrogen) atoms. The number of hydrogen-bond donors (Lipinski definition) is 1. The lowest BCUT2D eigenvalue weighted by Crippen LogP contribution is -2.44. The van der Waals surface area contributed by atoms with Crippen molar-refractivity contribution in [1.29, 1.82) is 0 Å². The summed E-state index contributed by atoms with van der Waals surface area (Å²) in [6, 6.07) is 0.788. The third kappa shape index (κ3) is 3.58. The van der Waals surface area contributed by atoms with Crippen molar-refractivity contribution in [2.24, 2.45) is 11.8 Å². The SMILES string of the molecule is CC1CCCC(NCC2CSCCS2)C1C. The van der Waals surface area contributed by atoms with Crippen molar-refractivity contribution in [2.45, 2.75) is 44.4 Å². The van der Waals surface area contributed by atoms with Crippen LogP contribution in [0.1, 0.15) is 33.1 Å². The fraction of sp³-hybridized carbons (Fsp3) is 1.00. The maximum absolute atomic E-state index is 3.84. The van der Waals surface area contributed by atoms with E-state index < -0.39 is 0 Å². The van der Waals surface area contributed by atoms with Crippen LogP contribution in [0.5, 0.6) is 0 Å². The number of thioether (sulfide) groups is 2. The summed E-state index contributed by atoms with van der Waals surface area (Å²) in [5, 5.41) is 4.70. The van der Waals surface area contributed by atoms with Crippen LogP contribution in [0.3, 0.4) is 0 Å². The Labute approximate surface area is 109 Å². The van der Waals surface area contributed by atoms with E-state index in [2.05, 4.69) is 42.7 Å². The van der Waals surface area contributed by atoms with Gasteiger partial charge in [0.2, 0.25) is 0 Å². The molecule has 0 radical (unpaired) electrons. The quantitative estimate of drug-likeness (QED) is 0.835. The number of rotatable bonds is 3. The average molecular weight is 259 g/mol. The van der Waals surface area contributed by atoms with Crippen molar-refractivity contribution >= 4 is 23.5 Å². The first-order valence-electron chi connectivity index (χ1n) is 6.70. The van der Waals surface area contributed by atoms with E-state index in [4.69, 9.17) is 0 Å². The standard InChI is InChI=1S/C13H25NS2/c1-10-4-3-5-13(11(10)2)14-8-12-9-15-6-7-16-12/h10-14H,3-9H2,1-2H3. The van der Waals surface area contributed by atoms with Gasteiger partial charge in [-0.3, -0.25) is 0 Å². The fourth-order valence-electron chi connectivity index (χ4n) is 2.81. The molecule has 1 saturated carbocycles. The average Bonchev–Trinajstić information content (AvgIpc) is 2.32. The van der Waals surface area contributed by atoms with Gasteiger partial charge in [-0.25, -0.2) is 0 Å². The Morgan fingerprint density at radius 3 is 2.81 bits per heavy atom. The molecule has 2 aliphatic rings. The van der Waals surface area contributed by atoms with E-state index in [0.717, 1.165) is 23.1 Å². The van der Waals surface area contributed by atoms with E-state index in [-0.39, 0.29) is 0 Å². The van der Waals surface area contributed by atoms with Gasteiger partial charge in [-0.1, -0.05) is 26.7 Å². The van der Waals surface area contributed by atoms with Crippen LogP contribution in [-0.4, -0.2) is 35.1 Å². The molecule has 1 N–H and O–H groups in total. The smallest absolute Gasteiger partial charge is 0.0263 e. The first kappa shape index (κ1) is 13.1. The normalized spacial score (nSPS) is 40.9. The van der Waals surface area contributed by atoms with Crippen LogP contribution in [0.25, 0.3) is 0 Å². The Balaban J connectivity index is 1.71. The van der Waals surface area contributed by atoms with Gasteiger partial charge in [0.05, 0.1) is 0 Å². The van der Waals surface area contributed by atoms with E-state index in [1.54, 1.807) is 0 Å². The molecule has 2 fully saturated rings. The number of hydrogen-bond acceptors (Lipinski definition) is 3. The molecule has 1 saturated heterocycles. The molecule has 94 valence electrons. The van der Waals surface area contributed by atoms with Crippen LogP contribution in [0.15, 0.2) is 0 Å². The molecule has 0 bridgehead atoms. The molecular weight excluding hydrogens is 234 g/mol. The molecule has 0 aromatic carbocycles. The van der Waals surface area contributed by atoms with Crippen LogP contribution in [0.4, 0.5) is 0 Å². The van der Waals surface area contributed by atoms with Crippen LogP contribution >= 0.6 is 23.5 Å². The van der Waals surface area contributed by atoms with Gasteiger partial charge in [0, 0.05) is 35.1 Å². The molecule has 0 spiro atoms. The van der Waals surface area contributed by atoms with Crippen LogP contribution < -0.4 is 5.32 Å². The molecule has 2 rings (SSSR count). The van der Waals surface area contributed by atoms with Crippen molar-refractivity contribution < 1.29 is 0 Å². The van der Waals surface area contributed by atoms with E-state index in [1.165, 1.54) is 43.1 Å². The zero-order chi connectivity index (χ0) is 11.4. The Bertz CT molecular complexity index is 204. The summed E-state index contributed by atoms with van der Waals surface area (Å²) in [7, 11) is 0. The summed E-state index contributed by atoms with van der Waals surface area (Å²) >= 11 is 4.30. The van der Waals surface area contributed by atoms with E-state index >= 15 is 0 Å². The summed E-state index contributed by atoms with van der Waals surface area (Å²) in [4.78, 5) is 0. The molecule has 4 unspecified atom stereocenters. The topological polar surface area (TPSA) is 12.0 Å². The molecule has 1 nitrogen and oxygen atoms in total.